The van der Waals surface area contributed by atoms with Crippen LogP contribution < -0.4 is 9.47 Å². The van der Waals surface area contributed by atoms with Gasteiger partial charge >= 0.3 is 17.8 Å². The molecule has 2 heterocycles. The maximum absolute atomic E-state index is 12.7. The molecule has 4 amide bonds. The van der Waals surface area contributed by atoms with E-state index in [1.165, 1.54) is 0 Å². The lowest BCUT2D eigenvalue weighted by atomic mass is 10.0. The Morgan fingerprint density at radius 3 is 2.43 bits per heavy atom. The maximum Gasteiger partial charge on any atom is 0.335 e. The summed E-state index contributed by atoms with van der Waals surface area (Å²) in [5.74, 6) is 0.0482. The number of carbonyl (C=O) groups is 3. The fraction of sp³-hybridized carbons (Fsp3) is 0.550. The molecule has 1 aromatic rings. The first-order chi connectivity index (χ1) is 13.4. The number of rotatable bonds is 7. The molecule has 2 fully saturated rings. The number of amides is 4. The molecule has 152 valence electrons. The molecule has 0 radical (unpaired) electrons. The summed E-state index contributed by atoms with van der Waals surface area (Å²) in [4.78, 5) is 41.4. The van der Waals surface area contributed by atoms with Crippen LogP contribution in [-0.4, -0.2) is 66.5 Å². The van der Waals surface area contributed by atoms with Gasteiger partial charge in [0.1, 0.15) is 11.5 Å². The van der Waals surface area contributed by atoms with Crippen molar-refractivity contribution in [1.29, 1.82) is 0 Å². The number of carbonyl (C=O) groups excluding carboxylic acids is 3. The SMILES string of the molecule is COc1ccc(OC)c([C@H]2CCCN2CN2C(=O)C(=O)N(CC(C)C)C2=O)c1. The van der Waals surface area contributed by atoms with Gasteiger partial charge in [-0.3, -0.25) is 19.4 Å². The highest BCUT2D eigenvalue weighted by Crippen LogP contribution is 2.39. The molecular formula is C20H27N3O5. The highest BCUT2D eigenvalue weighted by atomic mass is 16.5. The van der Waals surface area contributed by atoms with Gasteiger partial charge in [-0.1, -0.05) is 13.8 Å². The molecule has 0 aromatic heterocycles. The van der Waals surface area contributed by atoms with Gasteiger partial charge in [-0.15, -0.1) is 0 Å². The van der Waals surface area contributed by atoms with Crippen LogP contribution in [0.15, 0.2) is 18.2 Å². The topological polar surface area (TPSA) is 79.4 Å². The molecular weight excluding hydrogens is 362 g/mol. The summed E-state index contributed by atoms with van der Waals surface area (Å²) in [5, 5.41) is 0. The van der Waals surface area contributed by atoms with Crippen molar-refractivity contribution >= 4 is 17.8 Å². The summed E-state index contributed by atoms with van der Waals surface area (Å²) in [7, 11) is 3.22. The third-order valence-corrected chi connectivity index (χ3v) is 5.17. The molecule has 8 nitrogen and oxygen atoms in total. The van der Waals surface area contributed by atoms with Crippen molar-refractivity contribution < 1.29 is 23.9 Å². The summed E-state index contributed by atoms with van der Waals surface area (Å²) in [6, 6.07) is 5.04. The van der Waals surface area contributed by atoms with E-state index in [4.69, 9.17) is 9.47 Å². The van der Waals surface area contributed by atoms with E-state index in [1.807, 2.05) is 36.9 Å². The Morgan fingerprint density at radius 1 is 1.07 bits per heavy atom. The molecule has 2 aliphatic rings. The molecule has 0 saturated carbocycles. The van der Waals surface area contributed by atoms with Crippen LogP contribution in [0, 0.1) is 5.92 Å². The molecule has 1 aromatic carbocycles. The zero-order valence-corrected chi connectivity index (χ0v) is 16.8. The first kappa shape index (κ1) is 20.1. The minimum atomic E-state index is -0.756. The third-order valence-electron chi connectivity index (χ3n) is 5.17. The van der Waals surface area contributed by atoms with E-state index in [0.717, 1.165) is 40.5 Å². The summed E-state index contributed by atoms with van der Waals surface area (Å²) in [6.45, 7) is 4.86. The molecule has 0 aliphatic carbocycles. The van der Waals surface area contributed by atoms with Crippen LogP contribution in [0.2, 0.25) is 0 Å². The van der Waals surface area contributed by atoms with Crippen LogP contribution >= 0.6 is 0 Å². The molecule has 1 atom stereocenters. The number of hydrogen-bond acceptors (Lipinski definition) is 6. The molecule has 2 saturated heterocycles. The number of benzene rings is 1. The van der Waals surface area contributed by atoms with Crippen LogP contribution in [0.4, 0.5) is 4.79 Å². The monoisotopic (exact) mass is 389 g/mol. The molecule has 3 rings (SSSR count). The average Bonchev–Trinajstić information content (AvgIpc) is 3.22. The number of nitrogens with zero attached hydrogens (tertiary/aromatic N) is 3. The van der Waals surface area contributed by atoms with Gasteiger partial charge < -0.3 is 9.47 Å². The van der Waals surface area contributed by atoms with Crippen molar-refractivity contribution in [2.75, 3.05) is 34.0 Å². The number of urea groups is 1. The Balaban J connectivity index is 1.82. The van der Waals surface area contributed by atoms with E-state index in [-0.39, 0.29) is 25.2 Å². The van der Waals surface area contributed by atoms with Gasteiger partial charge in [0.2, 0.25) is 0 Å². The van der Waals surface area contributed by atoms with Crippen LogP contribution in [0.3, 0.4) is 0 Å². The van der Waals surface area contributed by atoms with Crippen LogP contribution in [-0.2, 0) is 9.59 Å². The standard InChI is InChI=1S/C20H27N3O5/c1-13(2)11-22-18(24)19(25)23(20(22)26)12-21-9-5-6-16(21)15-10-14(27-3)7-8-17(15)28-4/h7-8,10,13,16H,5-6,9,11-12H2,1-4H3/t16-/m1/s1. The van der Waals surface area contributed by atoms with Gasteiger partial charge in [0.25, 0.3) is 0 Å². The Bertz CT molecular complexity index is 779. The predicted octanol–water partition coefficient (Wildman–Crippen LogP) is 2.25. The van der Waals surface area contributed by atoms with E-state index in [9.17, 15) is 14.4 Å². The number of methoxy groups -OCH3 is 2. The van der Waals surface area contributed by atoms with Crippen molar-refractivity contribution in [3.8, 4) is 11.5 Å². The van der Waals surface area contributed by atoms with Crippen LogP contribution in [0.1, 0.15) is 38.3 Å². The van der Waals surface area contributed by atoms with E-state index < -0.39 is 17.8 Å². The van der Waals surface area contributed by atoms with Crippen molar-refractivity contribution in [3.63, 3.8) is 0 Å². The lowest BCUT2D eigenvalue weighted by molar-refractivity contribution is -0.144. The lowest BCUT2D eigenvalue weighted by Crippen LogP contribution is -2.42. The predicted molar refractivity (Wildman–Crippen MR) is 102 cm³/mol. The second kappa shape index (κ2) is 8.18. The number of hydrogen-bond donors (Lipinski definition) is 0. The van der Waals surface area contributed by atoms with Gasteiger partial charge in [0, 0.05) is 24.7 Å². The fourth-order valence-electron chi connectivity index (χ4n) is 3.83. The summed E-state index contributed by atoms with van der Waals surface area (Å²) < 4.78 is 10.8. The Morgan fingerprint density at radius 2 is 1.79 bits per heavy atom. The molecule has 0 N–H and O–H groups in total. The zero-order chi connectivity index (χ0) is 20.4. The maximum atomic E-state index is 12.7. The van der Waals surface area contributed by atoms with Gasteiger partial charge in [-0.05, 0) is 37.0 Å². The van der Waals surface area contributed by atoms with Gasteiger partial charge in [0.15, 0.2) is 0 Å². The lowest BCUT2D eigenvalue weighted by Gasteiger charge is -2.29. The van der Waals surface area contributed by atoms with Crippen molar-refractivity contribution in [1.82, 2.24) is 14.7 Å². The molecule has 2 aliphatic heterocycles. The second-order valence-corrected chi connectivity index (χ2v) is 7.55. The van der Waals surface area contributed by atoms with E-state index in [2.05, 4.69) is 0 Å². The van der Waals surface area contributed by atoms with Gasteiger partial charge in [0.05, 0.1) is 20.9 Å². The van der Waals surface area contributed by atoms with Crippen molar-refractivity contribution in [3.05, 3.63) is 23.8 Å². The molecule has 28 heavy (non-hydrogen) atoms. The second-order valence-electron chi connectivity index (χ2n) is 7.55. The average molecular weight is 389 g/mol. The minimum Gasteiger partial charge on any atom is -0.497 e. The minimum absolute atomic E-state index is 0.0279. The molecule has 8 heteroatoms. The highest BCUT2D eigenvalue weighted by molar-refractivity contribution is 6.44. The van der Waals surface area contributed by atoms with Gasteiger partial charge in [-0.2, -0.15) is 0 Å². The van der Waals surface area contributed by atoms with E-state index in [0.29, 0.717) is 5.75 Å². The Hall–Kier alpha value is -2.61. The largest absolute Gasteiger partial charge is 0.497 e. The number of ether oxygens (including phenoxy) is 2. The molecule has 0 unspecified atom stereocenters. The smallest absolute Gasteiger partial charge is 0.335 e. The first-order valence-electron chi connectivity index (χ1n) is 9.50. The van der Waals surface area contributed by atoms with Crippen molar-refractivity contribution in [2.45, 2.75) is 32.7 Å². The summed E-state index contributed by atoms with van der Waals surface area (Å²) >= 11 is 0. The van der Waals surface area contributed by atoms with Gasteiger partial charge in [-0.25, -0.2) is 9.69 Å². The third kappa shape index (κ3) is 3.69. The summed E-state index contributed by atoms with van der Waals surface area (Å²) in [6.07, 6.45) is 1.79. The summed E-state index contributed by atoms with van der Waals surface area (Å²) in [5.41, 5.74) is 0.948. The highest BCUT2D eigenvalue weighted by Gasteiger charge is 2.46. The Kier molecular flexibility index (Phi) is 5.88. The number of likely N-dealkylation sites (tertiary alicyclic amines) is 1. The Labute approximate surface area is 165 Å². The first-order valence-corrected chi connectivity index (χ1v) is 9.50. The van der Waals surface area contributed by atoms with E-state index >= 15 is 0 Å². The molecule has 0 bridgehead atoms. The number of imide groups is 2. The quantitative estimate of drug-likeness (QED) is 0.526. The normalized spacial score (nSPS) is 20.6. The van der Waals surface area contributed by atoms with Crippen LogP contribution in [0.25, 0.3) is 0 Å². The van der Waals surface area contributed by atoms with Crippen LogP contribution in [0.5, 0.6) is 11.5 Å². The van der Waals surface area contributed by atoms with E-state index in [1.54, 1.807) is 14.2 Å². The molecule has 0 spiro atoms. The zero-order valence-electron chi connectivity index (χ0n) is 16.8. The van der Waals surface area contributed by atoms with Crippen molar-refractivity contribution in [2.24, 2.45) is 5.92 Å². The fourth-order valence-corrected chi connectivity index (χ4v) is 3.83.